The van der Waals surface area contributed by atoms with Crippen LogP contribution in [0.3, 0.4) is 0 Å². The molecule has 0 spiro atoms. The Kier molecular flexibility index (Phi) is 6.42. The molecule has 0 aliphatic heterocycles. The lowest BCUT2D eigenvalue weighted by molar-refractivity contribution is -0.135. The van der Waals surface area contributed by atoms with E-state index >= 15 is 0 Å². The van der Waals surface area contributed by atoms with Crippen molar-refractivity contribution >= 4 is 38.9 Å². The SMILES string of the molecule is C[C@H](NS(=O)(=O)c1ccccc1)C(=O)Oc1ccc(NC(=O)c2cccs2)cc1. The second-order valence-corrected chi connectivity index (χ2v) is 8.69. The molecule has 0 fully saturated rings. The molecular weight excluding hydrogens is 412 g/mol. The van der Waals surface area contributed by atoms with Gasteiger partial charge in [-0.05, 0) is 54.8 Å². The van der Waals surface area contributed by atoms with Crippen molar-refractivity contribution in [3.05, 3.63) is 77.0 Å². The maximum atomic E-state index is 12.3. The molecule has 0 saturated carbocycles. The van der Waals surface area contributed by atoms with Crippen molar-refractivity contribution in [2.45, 2.75) is 17.9 Å². The molecule has 0 radical (unpaired) electrons. The number of anilines is 1. The first-order valence-electron chi connectivity index (χ1n) is 8.59. The van der Waals surface area contributed by atoms with Crippen LogP contribution < -0.4 is 14.8 Å². The molecule has 1 amide bonds. The molecule has 0 aliphatic carbocycles. The van der Waals surface area contributed by atoms with Gasteiger partial charge in [0.05, 0.1) is 9.77 Å². The number of rotatable bonds is 7. The number of carbonyl (C=O) groups is 2. The first-order chi connectivity index (χ1) is 13.8. The maximum Gasteiger partial charge on any atom is 0.329 e. The van der Waals surface area contributed by atoms with E-state index in [-0.39, 0.29) is 16.6 Å². The molecule has 2 N–H and O–H groups in total. The van der Waals surface area contributed by atoms with Gasteiger partial charge in [0.1, 0.15) is 11.8 Å². The predicted molar refractivity (Wildman–Crippen MR) is 111 cm³/mol. The van der Waals surface area contributed by atoms with E-state index in [9.17, 15) is 18.0 Å². The van der Waals surface area contributed by atoms with Gasteiger partial charge in [0.25, 0.3) is 5.91 Å². The van der Waals surface area contributed by atoms with E-state index in [1.165, 1.54) is 42.5 Å². The highest BCUT2D eigenvalue weighted by atomic mass is 32.2. The number of thiophene rings is 1. The number of benzene rings is 2. The van der Waals surface area contributed by atoms with E-state index in [1.54, 1.807) is 42.5 Å². The number of hydrogen-bond acceptors (Lipinski definition) is 6. The second kappa shape index (κ2) is 8.99. The molecule has 3 rings (SSSR count). The Bertz CT molecular complexity index is 1080. The molecular formula is C20H18N2O5S2. The monoisotopic (exact) mass is 430 g/mol. The highest BCUT2D eigenvalue weighted by molar-refractivity contribution is 7.89. The Labute approximate surface area is 172 Å². The molecule has 1 atom stereocenters. The lowest BCUT2D eigenvalue weighted by atomic mass is 10.3. The number of sulfonamides is 1. The van der Waals surface area contributed by atoms with Crippen LogP contribution in [0.1, 0.15) is 16.6 Å². The van der Waals surface area contributed by atoms with Gasteiger partial charge in [-0.2, -0.15) is 4.72 Å². The third kappa shape index (κ3) is 5.50. The van der Waals surface area contributed by atoms with Gasteiger partial charge >= 0.3 is 5.97 Å². The van der Waals surface area contributed by atoms with E-state index in [1.807, 2.05) is 5.38 Å². The molecule has 0 bridgehead atoms. The Morgan fingerprint density at radius 3 is 2.28 bits per heavy atom. The van der Waals surface area contributed by atoms with Crippen LogP contribution in [0.5, 0.6) is 5.75 Å². The predicted octanol–water partition coefficient (Wildman–Crippen LogP) is 3.27. The molecule has 29 heavy (non-hydrogen) atoms. The fourth-order valence-electron chi connectivity index (χ4n) is 2.36. The van der Waals surface area contributed by atoms with Gasteiger partial charge in [0, 0.05) is 5.69 Å². The summed E-state index contributed by atoms with van der Waals surface area (Å²) in [6, 6.07) is 16.4. The van der Waals surface area contributed by atoms with Crippen molar-refractivity contribution in [1.82, 2.24) is 4.72 Å². The van der Waals surface area contributed by atoms with Gasteiger partial charge in [0.15, 0.2) is 0 Å². The van der Waals surface area contributed by atoms with Gasteiger partial charge in [0.2, 0.25) is 10.0 Å². The van der Waals surface area contributed by atoms with Crippen molar-refractivity contribution in [3.8, 4) is 5.75 Å². The lowest BCUT2D eigenvalue weighted by Gasteiger charge is -2.14. The number of esters is 1. The highest BCUT2D eigenvalue weighted by Gasteiger charge is 2.23. The summed E-state index contributed by atoms with van der Waals surface area (Å²) in [4.78, 5) is 24.9. The van der Waals surface area contributed by atoms with E-state index in [4.69, 9.17) is 4.74 Å². The summed E-state index contributed by atoms with van der Waals surface area (Å²) in [5.41, 5.74) is 0.543. The first-order valence-corrected chi connectivity index (χ1v) is 11.0. The molecule has 1 aromatic heterocycles. The zero-order valence-corrected chi connectivity index (χ0v) is 17.0. The molecule has 2 aromatic carbocycles. The summed E-state index contributed by atoms with van der Waals surface area (Å²) in [6.07, 6.45) is 0. The maximum absolute atomic E-state index is 12.3. The van der Waals surface area contributed by atoms with Gasteiger partial charge in [-0.1, -0.05) is 24.3 Å². The summed E-state index contributed by atoms with van der Waals surface area (Å²) < 4.78 is 32.1. The van der Waals surface area contributed by atoms with Crippen molar-refractivity contribution in [1.29, 1.82) is 0 Å². The Balaban J connectivity index is 1.58. The first kappa shape index (κ1) is 20.7. The lowest BCUT2D eigenvalue weighted by Crippen LogP contribution is -2.40. The molecule has 9 heteroatoms. The van der Waals surface area contributed by atoms with Crippen molar-refractivity contribution < 1.29 is 22.7 Å². The minimum atomic E-state index is -3.84. The standard InChI is InChI=1S/C20H18N2O5S2/c1-14(22-29(25,26)17-6-3-2-4-7-17)20(24)27-16-11-9-15(10-12-16)21-19(23)18-8-5-13-28-18/h2-14,22H,1H3,(H,21,23)/t14-/m0/s1. The molecule has 150 valence electrons. The van der Waals surface area contributed by atoms with Crippen LogP contribution in [-0.4, -0.2) is 26.3 Å². The van der Waals surface area contributed by atoms with Crippen LogP contribution in [0.25, 0.3) is 0 Å². The summed E-state index contributed by atoms with van der Waals surface area (Å²) in [6.45, 7) is 1.40. The molecule has 0 aliphatic rings. The van der Waals surface area contributed by atoms with E-state index in [0.717, 1.165) is 0 Å². The quantitative estimate of drug-likeness (QED) is 0.442. The Morgan fingerprint density at radius 1 is 0.966 bits per heavy atom. The number of hydrogen-bond donors (Lipinski definition) is 2. The minimum Gasteiger partial charge on any atom is -0.425 e. The number of ether oxygens (including phenoxy) is 1. The third-order valence-corrected chi connectivity index (χ3v) is 6.24. The zero-order valence-electron chi connectivity index (χ0n) is 15.4. The summed E-state index contributed by atoms with van der Waals surface area (Å²) in [5, 5.41) is 4.55. The summed E-state index contributed by atoms with van der Waals surface area (Å²) >= 11 is 1.33. The van der Waals surface area contributed by atoms with E-state index in [2.05, 4.69) is 10.0 Å². The zero-order chi connectivity index (χ0) is 20.9. The third-order valence-electron chi connectivity index (χ3n) is 3.81. The Hall–Kier alpha value is -3.01. The van der Waals surface area contributed by atoms with E-state index < -0.39 is 22.0 Å². The average molecular weight is 431 g/mol. The largest absolute Gasteiger partial charge is 0.425 e. The van der Waals surface area contributed by atoms with Crippen LogP contribution >= 0.6 is 11.3 Å². The number of nitrogens with one attached hydrogen (secondary N) is 2. The smallest absolute Gasteiger partial charge is 0.329 e. The molecule has 3 aromatic rings. The van der Waals surface area contributed by atoms with Crippen LogP contribution in [0.4, 0.5) is 5.69 Å². The minimum absolute atomic E-state index is 0.0606. The molecule has 0 saturated heterocycles. The van der Waals surface area contributed by atoms with Crippen LogP contribution in [0.15, 0.2) is 77.0 Å². The molecule has 1 heterocycles. The van der Waals surface area contributed by atoms with Gasteiger partial charge in [-0.25, -0.2) is 13.2 Å². The van der Waals surface area contributed by atoms with E-state index in [0.29, 0.717) is 10.6 Å². The fraction of sp³-hybridized carbons (Fsp3) is 0.100. The van der Waals surface area contributed by atoms with Crippen LogP contribution in [0.2, 0.25) is 0 Å². The molecule has 0 unspecified atom stereocenters. The van der Waals surface area contributed by atoms with Gasteiger partial charge in [-0.15, -0.1) is 11.3 Å². The van der Waals surface area contributed by atoms with Crippen molar-refractivity contribution in [3.63, 3.8) is 0 Å². The summed E-state index contributed by atoms with van der Waals surface area (Å²) in [5.74, 6) is -0.747. The second-order valence-electron chi connectivity index (χ2n) is 6.03. The number of amides is 1. The van der Waals surface area contributed by atoms with Gasteiger partial charge in [-0.3, -0.25) is 4.79 Å². The topological polar surface area (TPSA) is 102 Å². The average Bonchev–Trinajstić information content (AvgIpc) is 3.25. The molecule has 7 nitrogen and oxygen atoms in total. The Morgan fingerprint density at radius 2 is 1.66 bits per heavy atom. The number of carbonyl (C=O) groups excluding carboxylic acids is 2. The fourth-order valence-corrected chi connectivity index (χ4v) is 4.19. The van der Waals surface area contributed by atoms with Gasteiger partial charge < -0.3 is 10.1 Å². The van der Waals surface area contributed by atoms with Crippen molar-refractivity contribution in [2.75, 3.05) is 5.32 Å². The van der Waals surface area contributed by atoms with Crippen LogP contribution in [0, 0.1) is 0 Å². The van der Waals surface area contributed by atoms with Crippen molar-refractivity contribution in [2.24, 2.45) is 0 Å². The normalized spacial score (nSPS) is 12.2. The van der Waals surface area contributed by atoms with Crippen LogP contribution in [-0.2, 0) is 14.8 Å². The highest BCUT2D eigenvalue weighted by Crippen LogP contribution is 2.18. The summed E-state index contributed by atoms with van der Waals surface area (Å²) in [7, 11) is -3.84.